The van der Waals surface area contributed by atoms with E-state index in [1.54, 1.807) is 4.90 Å². The van der Waals surface area contributed by atoms with Crippen LogP contribution in [-0.4, -0.2) is 52.2 Å². The van der Waals surface area contributed by atoms with Crippen LogP contribution in [0.4, 0.5) is 0 Å². The number of pyridine rings is 1. The first-order valence-corrected chi connectivity index (χ1v) is 6.11. The number of carboxylic acids is 1. The average Bonchev–Trinajstić information content (AvgIpc) is 2.37. The monoisotopic (exact) mass is 264 g/mol. The fraction of sp³-hybridized carbons (Fsp3) is 0.462. The Morgan fingerprint density at radius 1 is 1.32 bits per heavy atom. The van der Waals surface area contributed by atoms with Crippen molar-refractivity contribution in [1.29, 1.82) is 0 Å². The molecule has 102 valence electrons. The molecule has 2 atom stereocenters. The highest BCUT2D eigenvalue weighted by Crippen LogP contribution is 2.14. The van der Waals surface area contributed by atoms with Crippen LogP contribution in [0.25, 0.3) is 0 Å². The quantitative estimate of drug-likeness (QED) is 0.863. The van der Waals surface area contributed by atoms with Crippen LogP contribution in [0, 0.1) is 0 Å². The zero-order valence-corrected chi connectivity index (χ0v) is 10.9. The summed E-state index contributed by atoms with van der Waals surface area (Å²) in [6.45, 7) is 4.90. The molecule has 19 heavy (non-hydrogen) atoms. The minimum absolute atomic E-state index is 0.000970. The Kier molecular flexibility index (Phi) is 3.80. The molecule has 0 aliphatic carbocycles. The Balaban J connectivity index is 2.12. The molecule has 0 unspecified atom stereocenters. The van der Waals surface area contributed by atoms with Crippen molar-refractivity contribution in [1.82, 2.24) is 9.88 Å². The number of aromatic nitrogens is 1. The molecule has 0 spiro atoms. The summed E-state index contributed by atoms with van der Waals surface area (Å²) in [5.74, 6) is -1.25. The number of carboxylic acid groups (broad SMARTS) is 1. The lowest BCUT2D eigenvalue weighted by Gasteiger charge is -2.35. The Morgan fingerprint density at radius 3 is 2.42 bits per heavy atom. The van der Waals surface area contributed by atoms with Crippen molar-refractivity contribution in [3.63, 3.8) is 0 Å². The van der Waals surface area contributed by atoms with E-state index < -0.39 is 5.97 Å². The number of carbonyl (C=O) groups excluding carboxylic acids is 1. The summed E-state index contributed by atoms with van der Waals surface area (Å²) in [5, 5.41) is 8.76. The molecule has 0 aromatic carbocycles. The van der Waals surface area contributed by atoms with Crippen molar-refractivity contribution in [2.24, 2.45) is 0 Å². The van der Waals surface area contributed by atoms with Gasteiger partial charge in [0.25, 0.3) is 5.91 Å². The molecule has 0 saturated carbocycles. The van der Waals surface area contributed by atoms with Crippen molar-refractivity contribution in [2.75, 3.05) is 13.1 Å². The van der Waals surface area contributed by atoms with E-state index in [-0.39, 0.29) is 23.8 Å². The van der Waals surface area contributed by atoms with E-state index in [9.17, 15) is 9.59 Å². The zero-order chi connectivity index (χ0) is 14.0. The Hall–Kier alpha value is -1.95. The van der Waals surface area contributed by atoms with Gasteiger partial charge in [-0.1, -0.05) is 0 Å². The molecule has 2 heterocycles. The van der Waals surface area contributed by atoms with Crippen LogP contribution in [0.5, 0.6) is 0 Å². The summed E-state index contributed by atoms with van der Waals surface area (Å²) in [6.07, 6.45) is 1.30. The van der Waals surface area contributed by atoms with Crippen molar-refractivity contribution in [3.05, 3.63) is 29.6 Å². The van der Waals surface area contributed by atoms with Gasteiger partial charge in [-0.25, -0.2) is 9.78 Å². The summed E-state index contributed by atoms with van der Waals surface area (Å²) < 4.78 is 5.57. The number of ether oxygens (including phenoxy) is 1. The smallest absolute Gasteiger partial charge is 0.354 e. The number of amides is 1. The summed E-state index contributed by atoms with van der Waals surface area (Å²) in [6, 6.07) is 2.83. The molecule has 1 saturated heterocycles. The van der Waals surface area contributed by atoms with Crippen molar-refractivity contribution in [2.45, 2.75) is 26.1 Å². The van der Waals surface area contributed by atoms with E-state index >= 15 is 0 Å². The molecule has 1 aromatic heterocycles. The molecule has 6 nitrogen and oxygen atoms in total. The molecule has 1 aliphatic rings. The maximum absolute atomic E-state index is 12.3. The lowest BCUT2D eigenvalue weighted by molar-refractivity contribution is -0.0586. The Bertz CT molecular complexity index is 476. The van der Waals surface area contributed by atoms with Gasteiger partial charge in [0.15, 0.2) is 0 Å². The highest BCUT2D eigenvalue weighted by molar-refractivity contribution is 5.95. The Labute approximate surface area is 111 Å². The second-order valence-electron chi connectivity index (χ2n) is 4.70. The molecule has 1 N–H and O–H groups in total. The van der Waals surface area contributed by atoms with Gasteiger partial charge in [-0.3, -0.25) is 4.79 Å². The lowest BCUT2D eigenvalue weighted by atomic mass is 10.1. The summed E-state index contributed by atoms with van der Waals surface area (Å²) in [7, 11) is 0. The van der Waals surface area contributed by atoms with Crippen molar-refractivity contribution in [3.8, 4) is 0 Å². The van der Waals surface area contributed by atoms with Crippen LogP contribution in [-0.2, 0) is 4.74 Å². The summed E-state index contributed by atoms with van der Waals surface area (Å²) in [4.78, 5) is 28.4. The van der Waals surface area contributed by atoms with Gasteiger partial charge in [-0.2, -0.15) is 0 Å². The molecule has 6 heteroatoms. The van der Waals surface area contributed by atoms with E-state index in [0.29, 0.717) is 18.7 Å². The minimum Gasteiger partial charge on any atom is -0.477 e. The maximum Gasteiger partial charge on any atom is 0.354 e. The number of nitrogens with zero attached hydrogens (tertiary/aromatic N) is 2. The van der Waals surface area contributed by atoms with Gasteiger partial charge in [0.05, 0.1) is 17.8 Å². The van der Waals surface area contributed by atoms with Gasteiger partial charge in [-0.05, 0) is 26.0 Å². The molecule has 1 fully saturated rings. The van der Waals surface area contributed by atoms with Crippen LogP contribution in [0.15, 0.2) is 18.3 Å². The number of carbonyl (C=O) groups is 2. The first-order chi connectivity index (χ1) is 8.97. The largest absolute Gasteiger partial charge is 0.477 e. The second kappa shape index (κ2) is 5.36. The van der Waals surface area contributed by atoms with Crippen LogP contribution in [0.1, 0.15) is 34.7 Å². The van der Waals surface area contributed by atoms with Gasteiger partial charge in [0, 0.05) is 19.3 Å². The first-order valence-electron chi connectivity index (χ1n) is 6.11. The number of hydrogen-bond donors (Lipinski definition) is 1. The number of morpholine rings is 1. The maximum atomic E-state index is 12.3. The van der Waals surface area contributed by atoms with Gasteiger partial charge in [0.2, 0.25) is 0 Å². The lowest BCUT2D eigenvalue weighted by Crippen LogP contribution is -2.48. The van der Waals surface area contributed by atoms with E-state index in [2.05, 4.69) is 4.98 Å². The highest BCUT2D eigenvalue weighted by atomic mass is 16.5. The number of aromatic carboxylic acids is 1. The number of rotatable bonds is 2. The highest BCUT2D eigenvalue weighted by Gasteiger charge is 2.26. The topological polar surface area (TPSA) is 79.7 Å². The normalized spacial score (nSPS) is 23.2. The van der Waals surface area contributed by atoms with Crippen molar-refractivity contribution >= 4 is 11.9 Å². The van der Waals surface area contributed by atoms with E-state index in [1.165, 1.54) is 18.3 Å². The molecular weight excluding hydrogens is 248 g/mol. The molecule has 1 aliphatic heterocycles. The van der Waals surface area contributed by atoms with Gasteiger partial charge in [-0.15, -0.1) is 0 Å². The fourth-order valence-corrected chi connectivity index (χ4v) is 2.17. The average molecular weight is 264 g/mol. The molecule has 1 amide bonds. The standard InChI is InChI=1S/C13H16N2O4/c1-8-6-15(7-9(2)19-8)12(16)10-3-4-11(13(17)18)14-5-10/h3-5,8-9H,6-7H2,1-2H3,(H,17,18)/t8-,9+. The van der Waals surface area contributed by atoms with Crippen LogP contribution < -0.4 is 0 Å². The van der Waals surface area contributed by atoms with Crippen molar-refractivity contribution < 1.29 is 19.4 Å². The number of hydrogen-bond acceptors (Lipinski definition) is 4. The van der Waals surface area contributed by atoms with E-state index in [0.717, 1.165) is 0 Å². The summed E-state index contributed by atoms with van der Waals surface area (Å²) in [5.41, 5.74) is 0.326. The Morgan fingerprint density at radius 2 is 1.95 bits per heavy atom. The van der Waals surface area contributed by atoms with Crippen LogP contribution in [0.2, 0.25) is 0 Å². The van der Waals surface area contributed by atoms with E-state index in [1.807, 2.05) is 13.8 Å². The van der Waals surface area contributed by atoms with Gasteiger partial charge in [0.1, 0.15) is 5.69 Å². The predicted molar refractivity (Wildman–Crippen MR) is 67.1 cm³/mol. The fourth-order valence-electron chi connectivity index (χ4n) is 2.17. The summed E-state index contributed by atoms with van der Waals surface area (Å²) >= 11 is 0. The molecule has 0 radical (unpaired) electrons. The van der Waals surface area contributed by atoms with E-state index in [4.69, 9.17) is 9.84 Å². The molecule has 1 aromatic rings. The molecular formula is C13H16N2O4. The predicted octanol–water partition coefficient (Wildman–Crippen LogP) is 1.03. The third-order valence-electron chi connectivity index (χ3n) is 2.94. The van der Waals surface area contributed by atoms with Crippen LogP contribution in [0.3, 0.4) is 0 Å². The van der Waals surface area contributed by atoms with Gasteiger partial charge >= 0.3 is 5.97 Å². The van der Waals surface area contributed by atoms with Gasteiger partial charge < -0.3 is 14.7 Å². The first kappa shape index (κ1) is 13.5. The molecule has 0 bridgehead atoms. The molecule has 2 rings (SSSR count). The SMILES string of the molecule is C[C@@H]1CN(C(=O)c2ccc(C(=O)O)nc2)C[C@H](C)O1. The third kappa shape index (κ3) is 3.08. The zero-order valence-electron chi connectivity index (χ0n) is 10.9. The second-order valence-corrected chi connectivity index (χ2v) is 4.70. The third-order valence-corrected chi connectivity index (χ3v) is 2.94. The minimum atomic E-state index is -1.10. The van der Waals surface area contributed by atoms with Crippen LogP contribution >= 0.6 is 0 Å².